The molecule has 4 nitrogen and oxygen atoms in total. The number of rotatable bonds is 7. The van der Waals surface area contributed by atoms with Crippen molar-refractivity contribution >= 4 is 17.3 Å². The lowest BCUT2D eigenvalue weighted by Crippen LogP contribution is -2.28. The van der Waals surface area contributed by atoms with Gasteiger partial charge in [-0.2, -0.15) is 0 Å². The van der Waals surface area contributed by atoms with E-state index in [-0.39, 0.29) is 0 Å². The average Bonchev–Trinajstić information content (AvgIpc) is 2.93. The summed E-state index contributed by atoms with van der Waals surface area (Å²) in [6.45, 7) is 4.83. The van der Waals surface area contributed by atoms with E-state index in [2.05, 4.69) is 10.3 Å². The lowest BCUT2D eigenvalue weighted by atomic mass is 9.90. The Balaban J connectivity index is 1.83. The maximum absolute atomic E-state index is 11.0. The Morgan fingerprint density at radius 1 is 1.33 bits per heavy atom. The minimum absolute atomic E-state index is 0.596. The molecule has 2 aromatic rings. The number of aromatic nitrogens is 1. The van der Waals surface area contributed by atoms with Crippen LogP contribution in [0.1, 0.15) is 25.3 Å². The predicted molar refractivity (Wildman–Crippen MR) is 85.3 cm³/mol. The molecule has 5 heteroatoms. The molecule has 0 spiro atoms. The highest BCUT2D eigenvalue weighted by atomic mass is 32.1. The molecule has 0 atom stereocenters. The van der Waals surface area contributed by atoms with E-state index in [0.717, 1.165) is 16.3 Å². The maximum Gasteiger partial charge on any atom is 0.309 e. The second-order valence-electron chi connectivity index (χ2n) is 5.61. The molecule has 1 aromatic carbocycles. The first kappa shape index (κ1) is 15.7. The molecule has 1 aromatic heterocycles. The second-order valence-corrected chi connectivity index (χ2v) is 6.55. The number of aliphatic carboxylic acids is 1. The zero-order chi connectivity index (χ0) is 15.3. The molecule has 1 heterocycles. The van der Waals surface area contributed by atoms with E-state index < -0.39 is 11.4 Å². The van der Waals surface area contributed by atoms with Gasteiger partial charge in [0.15, 0.2) is 0 Å². The van der Waals surface area contributed by atoms with Crippen molar-refractivity contribution in [3.63, 3.8) is 0 Å². The summed E-state index contributed by atoms with van der Waals surface area (Å²) in [6.07, 6.45) is 0.596. The molecule has 0 radical (unpaired) electrons. The fourth-order valence-electron chi connectivity index (χ4n) is 1.84. The summed E-state index contributed by atoms with van der Waals surface area (Å²) in [5.41, 5.74) is 1.42. The van der Waals surface area contributed by atoms with Crippen molar-refractivity contribution in [2.75, 3.05) is 6.54 Å². The first-order valence-corrected chi connectivity index (χ1v) is 7.81. The molecule has 0 bridgehead atoms. The van der Waals surface area contributed by atoms with E-state index in [4.69, 9.17) is 5.11 Å². The van der Waals surface area contributed by atoms with E-state index in [1.807, 2.05) is 35.7 Å². The SMILES string of the molecule is CC(C)(CCNCc1nc(-c2ccccc2)cs1)C(=O)O. The van der Waals surface area contributed by atoms with Gasteiger partial charge in [-0.15, -0.1) is 11.3 Å². The summed E-state index contributed by atoms with van der Waals surface area (Å²) < 4.78 is 0. The highest BCUT2D eigenvalue weighted by Crippen LogP contribution is 2.22. The number of nitrogens with zero attached hydrogens (tertiary/aromatic N) is 1. The molecule has 2 N–H and O–H groups in total. The molecule has 0 amide bonds. The highest BCUT2D eigenvalue weighted by molar-refractivity contribution is 7.09. The zero-order valence-corrected chi connectivity index (χ0v) is 13.1. The van der Waals surface area contributed by atoms with Crippen LogP contribution in [0.3, 0.4) is 0 Å². The van der Waals surface area contributed by atoms with E-state index in [9.17, 15) is 4.79 Å². The Hall–Kier alpha value is -1.72. The van der Waals surface area contributed by atoms with Gasteiger partial charge in [0, 0.05) is 17.5 Å². The molecule has 2 rings (SSSR count). The quantitative estimate of drug-likeness (QED) is 0.770. The molecule has 0 aliphatic heterocycles. The van der Waals surface area contributed by atoms with E-state index in [1.54, 1.807) is 25.2 Å². The fourth-order valence-corrected chi connectivity index (χ4v) is 2.61. The number of nitrogens with one attached hydrogen (secondary N) is 1. The van der Waals surface area contributed by atoms with Gasteiger partial charge in [0.1, 0.15) is 5.01 Å². The van der Waals surface area contributed by atoms with Crippen LogP contribution in [0.5, 0.6) is 0 Å². The summed E-state index contributed by atoms with van der Waals surface area (Å²) in [5, 5.41) is 15.4. The predicted octanol–water partition coefficient (Wildman–Crippen LogP) is 3.40. The molecule has 0 aliphatic carbocycles. The number of hydrogen-bond acceptors (Lipinski definition) is 4. The van der Waals surface area contributed by atoms with Crippen LogP contribution < -0.4 is 5.32 Å². The lowest BCUT2D eigenvalue weighted by Gasteiger charge is -2.18. The topological polar surface area (TPSA) is 62.2 Å². The van der Waals surface area contributed by atoms with Crippen LogP contribution in [0, 0.1) is 5.41 Å². The maximum atomic E-state index is 11.0. The smallest absolute Gasteiger partial charge is 0.309 e. The van der Waals surface area contributed by atoms with Crippen LogP contribution in [-0.4, -0.2) is 22.6 Å². The van der Waals surface area contributed by atoms with Gasteiger partial charge in [0.05, 0.1) is 11.1 Å². The first-order chi connectivity index (χ1) is 9.99. The molecular weight excluding hydrogens is 284 g/mol. The molecule has 0 fully saturated rings. The van der Waals surface area contributed by atoms with Crippen LogP contribution in [0.25, 0.3) is 11.3 Å². The van der Waals surface area contributed by atoms with Crippen LogP contribution in [0.4, 0.5) is 0 Å². The largest absolute Gasteiger partial charge is 0.481 e. The molecule has 0 aliphatic rings. The van der Waals surface area contributed by atoms with Crippen LogP contribution in [0.15, 0.2) is 35.7 Å². The fraction of sp³-hybridized carbons (Fsp3) is 0.375. The van der Waals surface area contributed by atoms with Gasteiger partial charge in [0.2, 0.25) is 0 Å². The molecule has 112 valence electrons. The Morgan fingerprint density at radius 2 is 2.05 bits per heavy atom. The Labute approximate surface area is 128 Å². The van der Waals surface area contributed by atoms with E-state index in [1.165, 1.54) is 0 Å². The Kier molecular flexibility index (Phi) is 5.09. The summed E-state index contributed by atoms with van der Waals surface area (Å²) in [5.74, 6) is -0.759. The third-order valence-electron chi connectivity index (χ3n) is 3.40. The number of benzene rings is 1. The molecule has 21 heavy (non-hydrogen) atoms. The van der Waals surface area contributed by atoms with Crippen molar-refractivity contribution in [2.45, 2.75) is 26.8 Å². The molecule has 0 unspecified atom stereocenters. The van der Waals surface area contributed by atoms with Gasteiger partial charge in [-0.1, -0.05) is 30.3 Å². The van der Waals surface area contributed by atoms with Gasteiger partial charge >= 0.3 is 5.97 Å². The second kappa shape index (κ2) is 6.83. The number of carboxylic acid groups (broad SMARTS) is 1. The third-order valence-corrected chi connectivity index (χ3v) is 4.25. The number of carbonyl (C=O) groups is 1. The van der Waals surface area contributed by atoms with E-state index in [0.29, 0.717) is 19.5 Å². The summed E-state index contributed by atoms with van der Waals surface area (Å²) >= 11 is 1.62. The molecule has 0 saturated heterocycles. The van der Waals surface area contributed by atoms with Crippen molar-refractivity contribution in [3.8, 4) is 11.3 Å². The van der Waals surface area contributed by atoms with Crippen LogP contribution in [-0.2, 0) is 11.3 Å². The molecule has 0 saturated carbocycles. The zero-order valence-electron chi connectivity index (χ0n) is 12.3. The lowest BCUT2D eigenvalue weighted by molar-refractivity contribution is -0.147. The summed E-state index contributed by atoms with van der Waals surface area (Å²) in [7, 11) is 0. The van der Waals surface area contributed by atoms with Crippen molar-refractivity contribution < 1.29 is 9.90 Å². The van der Waals surface area contributed by atoms with Crippen molar-refractivity contribution in [2.24, 2.45) is 5.41 Å². The van der Waals surface area contributed by atoms with Crippen molar-refractivity contribution in [3.05, 3.63) is 40.7 Å². The highest BCUT2D eigenvalue weighted by Gasteiger charge is 2.26. The molecular formula is C16H20N2O2S. The number of thiazole rings is 1. The van der Waals surface area contributed by atoms with Gasteiger partial charge in [0.25, 0.3) is 0 Å². The standard InChI is InChI=1S/C16H20N2O2S/c1-16(2,15(19)20)8-9-17-10-14-18-13(11-21-14)12-6-4-3-5-7-12/h3-7,11,17H,8-10H2,1-2H3,(H,19,20). The van der Waals surface area contributed by atoms with Crippen molar-refractivity contribution in [1.82, 2.24) is 10.3 Å². The monoisotopic (exact) mass is 304 g/mol. The van der Waals surface area contributed by atoms with E-state index >= 15 is 0 Å². The van der Waals surface area contributed by atoms with Gasteiger partial charge in [-0.25, -0.2) is 4.98 Å². The normalized spacial score (nSPS) is 11.5. The van der Waals surface area contributed by atoms with Gasteiger partial charge in [-0.05, 0) is 26.8 Å². The third kappa shape index (κ3) is 4.37. The Bertz CT molecular complexity index is 593. The summed E-state index contributed by atoms with van der Waals surface area (Å²) in [4.78, 5) is 15.6. The number of carboxylic acids is 1. The van der Waals surface area contributed by atoms with Gasteiger partial charge in [-0.3, -0.25) is 4.79 Å². The minimum Gasteiger partial charge on any atom is -0.481 e. The minimum atomic E-state index is -0.759. The Morgan fingerprint density at radius 3 is 2.71 bits per heavy atom. The first-order valence-electron chi connectivity index (χ1n) is 6.93. The summed E-state index contributed by atoms with van der Waals surface area (Å²) in [6, 6.07) is 10.1. The average molecular weight is 304 g/mol. The van der Waals surface area contributed by atoms with Crippen LogP contribution >= 0.6 is 11.3 Å². The van der Waals surface area contributed by atoms with Crippen molar-refractivity contribution in [1.29, 1.82) is 0 Å². The van der Waals surface area contributed by atoms with Crippen LogP contribution in [0.2, 0.25) is 0 Å². The van der Waals surface area contributed by atoms with Gasteiger partial charge < -0.3 is 10.4 Å². The number of hydrogen-bond donors (Lipinski definition) is 2.